The molecule has 0 aliphatic rings. The molecule has 0 saturated heterocycles. The molecule has 128 valence electrons. The number of benzene rings is 2. The van der Waals surface area contributed by atoms with Gasteiger partial charge in [0.1, 0.15) is 4.34 Å². The second-order valence-corrected chi connectivity index (χ2v) is 8.05. The van der Waals surface area contributed by atoms with Crippen molar-refractivity contribution >= 4 is 34.7 Å². The van der Waals surface area contributed by atoms with Gasteiger partial charge in [-0.1, -0.05) is 53.7 Å². The molecule has 3 rings (SSSR count). The zero-order valence-corrected chi connectivity index (χ0v) is 15.9. The lowest BCUT2D eigenvalue weighted by molar-refractivity contribution is -0.115. The topological polar surface area (TPSA) is 42.0 Å². The van der Waals surface area contributed by atoms with E-state index in [1.54, 1.807) is 23.1 Å². The molecule has 3 nitrogen and oxygen atoms in total. The lowest BCUT2D eigenvalue weighted by Gasteiger charge is -2.04. The van der Waals surface area contributed by atoms with Crippen molar-refractivity contribution in [2.75, 3.05) is 5.32 Å². The Bertz CT molecular complexity index is 856. The third-order valence-electron chi connectivity index (χ3n) is 3.66. The quantitative estimate of drug-likeness (QED) is 0.606. The summed E-state index contributed by atoms with van der Waals surface area (Å²) in [5, 5.41) is 4.89. The van der Waals surface area contributed by atoms with Crippen LogP contribution in [0.4, 0.5) is 5.69 Å². The van der Waals surface area contributed by atoms with Gasteiger partial charge < -0.3 is 5.32 Å². The normalized spacial score (nSPS) is 10.6. The molecule has 0 atom stereocenters. The molecule has 0 radical (unpaired) electrons. The molecular formula is C20H20N2OS2. The first-order valence-electron chi connectivity index (χ1n) is 8.08. The fourth-order valence-electron chi connectivity index (χ4n) is 2.36. The predicted octanol–water partition coefficient (Wildman–Crippen LogP) is 5.23. The molecule has 0 spiro atoms. The minimum absolute atomic E-state index is 0.0361. The van der Waals surface area contributed by atoms with Crippen molar-refractivity contribution in [2.45, 2.75) is 30.4 Å². The van der Waals surface area contributed by atoms with Crippen molar-refractivity contribution in [3.05, 3.63) is 76.3 Å². The van der Waals surface area contributed by atoms with Gasteiger partial charge in [0, 0.05) is 16.8 Å². The molecule has 0 aliphatic carbocycles. The average molecular weight is 369 g/mol. The van der Waals surface area contributed by atoms with Gasteiger partial charge in [-0.25, -0.2) is 4.98 Å². The van der Waals surface area contributed by atoms with Crippen LogP contribution in [0.15, 0.2) is 58.3 Å². The molecule has 1 N–H and O–H groups in total. The largest absolute Gasteiger partial charge is 0.326 e. The Labute approximate surface area is 156 Å². The first kappa shape index (κ1) is 17.7. The van der Waals surface area contributed by atoms with Gasteiger partial charge in [-0.2, -0.15) is 0 Å². The van der Waals surface area contributed by atoms with Crippen molar-refractivity contribution in [3.63, 3.8) is 0 Å². The summed E-state index contributed by atoms with van der Waals surface area (Å²) in [6, 6.07) is 16.3. The van der Waals surface area contributed by atoms with E-state index in [2.05, 4.69) is 41.5 Å². The zero-order valence-electron chi connectivity index (χ0n) is 14.3. The zero-order chi connectivity index (χ0) is 17.6. The monoisotopic (exact) mass is 368 g/mol. The minimum atomic E-state index is -0.0361. The van der Waals surface area contributed by atoms with Gasteiger partial charge in [0.25, 0.3) is 0 Å². The van der Waals surface area contributed by atoms with Crippen LogP contribution >= 0.6 is 23.1 Å². The summed E-state index contributed by atoms with van der Waals surface area (Å²) in [5.74, 6) is 0.855. The second-order valence-electron chi connectivity index (χ2n) is 5.97. The summed E-state index contributed by atoms with van der Waals surface area (Å²) < 4.78 is 0.999. The highest BCUT2D eigenvalue weighted by Crippen LogP contribution is 2.26. The summed E-state index contributed by atoms with van der Waals surface area (Å²) >= 11 is 3.30. The Morgan fingerprint density at radius 1 is 1.12 bits per heavy atom. The average Bonchev–Trinajstić information content (AvgIpc) is 3.01. The van der Waals surface area contributed by atoms with Crippen LogP contribution in [-0.2, 0) is 17.0 Å². The van der Waals surface area contributed by atoms with E-state index in [0.29, 0.717) is 6.42 Å². The third kappa shape index (κ3) is 5.44. The highest BCUT2D eigenvalue weighted by Gasteiger charge is 2.09. The van der Waals surface area contributed by atoms with E-state index in [1.165, 1.54) is 11.1 Å². The van der Waals surface area contributed by atoms with E-state index in [9.17, 15) is 4.79 Å². The lowest BCUT2D eigenvalue weighted by Crippen LogP contribution is -2.14. The van der Waals surface area contributed by atoms with Crippen LogP contribution in [0.25, 0.3) is 0 Å². The Morgan fingerprint density at radius 3 is 2.68 bits per heavy atom. The minimum Gasteiger partial charge on any atom is -0.326 e. The Hall–Kier alpha value is -2.11. The first-order valence-corrected chi connectivity index (χ1v) is 9.94. The molecule has 1 aromatic heterocycles. The van der Waals surface area contributed by atoms with E-state index in [-0.39, 0.29) is 5.91 Å². The predicted molar refractivity (Wildman–Crippen MR) is 106 cm³/mol. The lowest BCUT2D eigenvalue weighted by atomic mass is 10.2. The number of rotatable bonds is 6. The van der Waals surface area contributed by atoms with E-state index >= 15 is 0 Å². The van der Waals surface area contributed by atoms with Crippen LogP contribution in [0, 0.1) is 13.8 Å². The molecule has 0 unspecified atom stereocenters. The molecule has 5 heteroatoms. The number of aryl methyl sites for hydroxylation is 2. The summed E-state index contributed by atoms with van der Waals surface area (Å²) in [4.78, 5) is 16.7. The fraction of sp³-hybridized carbons (Fsp3) is 0.200. The summed E-state index contributed by atoms with van der Waals surface area (Å²) in [5.41, 5.74) is 5.33. The highest BCUT2D eigenvalue weighted by molar-refractivity contribution is 8.00. The van der Waals surface area contributed by atoms with Crippen molar-refractivity contribution in [2.24, 2.45) is 0 Å². The molecule has 3 aromatic rings. The Morgan fingerprint density at radius 2 is 1.92 bits per heavy atom. The molecule has 1 amide bonds. The van der Waals surface area contributed by atoms with Gasteiger partial charge >= 0.3 is 0 Å². The number of aromatic nitrogens is 1. The summed E-state index contributed by atoms with van der Waals surface area (Å²) in [6.07, 6.45) is 0.301. The van der Waals surface area contributed by atoms with Crippen molar-refractivity contribution in [1.82, 2.24) is 4.98 Å². The maximum atomic E-state index is 12.2. The number of thioether (sulfide) groups is 1. The van der Waals surface area contributed by atoms with Crippen LogP contribution in [0.2, 0.25) is 0 Å². The number of carbonyl (C=O) groups excluding carboxylic acids is 1. The summed E-state index contributed by atoms with van der Waals surface area (Å²) in [7, 11) is 0. The molecule has 25 heavy (non-hydrogen) atoms. The molecule has 2 aromatic carbocycles. The smallest absolute Gasteiger partial charge is 0.230 e. The molecule has 0 saturated carbocycles. The van der Waals surface area contributed by atoms with Crippen LogP contribution in [0.1, 0.15) is 22.4 Å². The van der Waals surface area contributed by atoms with Gasteiger partial charge in [0.2, 0.25) is 5.91 Å². The molecule has 0 bridgehead atoms. The van der Waals surface area contributed by atoms with E-state index in [0.717, 1.165) is 27.0 Å². The number of nitrogens with zero attached hydrogens (tertiary/aromatic N) is 1. The van der Waals surface area contributed by atoms with Gasteiger partial charge in [-0.15, -0.1) is 11.3 Å². The summed E-state index contributed by atoms with van der Waals surface area (Å²) in [6.45, 7) is 4.10. The van der Waals surface area contributed by atoms with Gasteiger partial charge in [-0.05, 0) is 37.1 Å². The maximum Gasteiger partial charge on any atom is 0.230 e. The Balaban J connectivity index is 1.52. The highest BCUT2D eigenvalue weighted by atomic mass is 32.2. The van der Waals surface area contributed by atoms with Crippen LogP contribution in [0.3, 0.4) is 0 Å². The number of hydrogen-bond acceptors (Lipinski definition) is 4. The Kier molecular flexibility index (Phi) is 5.89. The first-order chi connectivity index (χ1) is 12.1. The number of thiazole rings is 1. The van der Waals surface area contributed by atoms with Gasteiger partial charge in [-0.3, -0.25) is 4.79 Å². The number of anilines is 1. The third-order valence-corrected chi connectivity index (χ3v) is 5.80. The standard InChI is InChI=1S/C20H20N2OS2/c1-14-6-8-16(9-7-14)12-24-20-22-18(13-25-20)11-19(23)21-17-5-3-4-15(2)10-17/h3-10,13H,11-12H2,1-2H3,(H,21,23). The number of nitrogens with one attached hydrogen (secondary N) is 1. The fourth-order valence-corrected chi connectivity index (χ4v) is 4.16. The SMILES string of the molecule is Cc1ccc(CSc2nc(CC(=O)Nc3cccc(C)c3)cs2)cc1. The number of carbonyl (C=O) groups is 1. The van der Waals surface area contributed by atoms with Crippen LogP contribution in [0.5, 0.6) is 0 Å². The van der Waals surface area contributed by atoms with Gasteiger partial charge in [0.05, 0.1) is 12.1 Å². The molecule has 1 heterocycles. The number of hydrogen-bond donors (Lipinski definition) is 1. The van der Waals surface area contributed by atoms with E-state index in [1.807, 2.05) is 36.6 Å². The van der Waals surface area contributed by atoms with E-state index in [4.69, 9.17) is 0 Å². The van der Waals surface area contributed by atoms with Crippen molar-refractivity contribution in [1.29, 1.82) is 0 Å². The number of amides is 1. The molecule has 0 aliphatic heterocycles. The molecule has 0 fully saturated rings. The molecular weight excluding hydrogens is 348 g/mol. The maximum absolute atomic E-state index is 12.2. The van der Waals surface area contributed by atoms with Crippen molar-refractivity contribution in [3.8, 4) is 0 Å². The van der Waals surface area contributed by atoms with Crippen LogP contribution < -0.4 is 5.32 Å². The van der Waals surface area contributed by atoms with Crippen LogP contribution in [-0.4, -0.2) is 10.9 Å². The second kappa shape index (κ2) is 8.32. The van der Waals surface area contributed by atoms with Gasteiger partial charge in [0.15, 0.2) is 0 Å². The van der Waals surface area contributed by atoms with E-state index < -0.39 is 0 Å². The van der Waals surface area contributed by atoms with Crippen molar-refractivity contribution < 1.29 is 4.79 Å².